The molecule has 1 aromatic carbocycles. The van der Waals surface area contributed by atoms with Gasteiger partial charge in [-0.1, -0.05) is 24.3 Å². The molecule has 0 amide bonds. The number of nitrogens with zero attached hydrogens (tertiary/aromatic N) is 4. The van der Waals surface area contributed by atoms with Gasteiger partial charge >= 0.3 is 4.87 Å². The van der Waals surface area contributed by atoms with E-state index < -0.39 is 8.07 Å². The van der Waals surface area contributed by atoms with Crippen molar-refractivity contribution in [3.63, 3.8) is 0 Å². The number of pyridine rings is 1. The minimum Gasteiger partial charge on any atom is -0.364 e. The molecule has 0 bridgehead atoms. The third-order valence-corrected chi connectivity index (χ3v) is 8.52. The summed E-state index contributed by atoms with van der Waals surface area (Å²) in [6.45, 7) is 10.1. The lowest BCUT2D eigenvalue weighted by molar-refractivity contribution is 0.0888. The Balaban J connectivity index is 1.51. The van der Waals surface area contributed by atoms with E-state index >= 15 is 0 Å². The predicted octanol–water partition coefficient (Wildman–Crippen LogP) is 5.87. The smallest absolute Gasteiger partial charge is 0.310 e. The number of thiazole rings is 1. The van der Waals surface area contributed by atoms with Gasteiger partial charge in [0.05, 0.1) is 15.9 Å². The number of benzene rings is 1. The lowest BCUT2D eigenvalue weighted by Gasteiger charge is -2.26. The van der Waals surface area contributed by atoms with Gasteiger partial charge in [0.1, 0.15) is 6.73 Å². The fourth-order valence-electron chi connectivity index (χ4n) is 3.38. The Morgan fingerprint density at radius 2 is 2.00 bits per heavy atom. The lowest BCUT2D eigenvalue weighted by atomic mass is 9.98. The van der Waals surface area contributed by atoms with Gasteiger partial charge in [0.15, 0.2) is 5.82 Å². The molecule has 0 fully saturated rings. The Bertz CT molecular complexity index is 1270. The van der Waals surface area contributed by atoms with Crippen molar-refractivity contribution in [2.75, 3.05) is 6.61 Å². The first kappa shape index (κ1) is 23.1. The highest BCUT2D eigenvalue weighted by atomic mass is 79.9. The molecule has 0 saturated heterocycles. The van der Waals surface area contributed by atoms with Crippen LogP contribution < -0.4 is 4.87 Å². The summed E-state index contributed by atoms with van der Waals surface area (Å²) >= 11 is 4.68. The normalized spacial score (nSPS) is 13.0. The van der Waals surface area contributed by atoms with Crippen molar-refractivity contribution in [1.82, 2.24) is 19.3 Å². The first-order chi connectivity index (χ1) is 15.2. The molecule has 0 aliphatic heterocycles. The monoisotopic (exact) mass is 530 g/mol. The minimum atomic E-state index is -1.14. The molecule has 0 radical (unpaired) electrons. The molecule has 1 unspecified atom stereocenters. The van der Waals surface area contributed by atoms with Crippen LogP contribution in [-0.2, 0) is 11.5 Å². The van der Waals surface area contributed by atoms with Gasteiger partial charge in [0.2, 0.25) is 0 Å². The summed E-state index contributed by atoms with van der Waals surface area (Å²) in [4.78, 5) is 17.0. The molecular weight excluding hydrogens is 504 g/mol. The molecule has 0 aliphatic rings. The number of hydrogen-bond donors (Lipinski definition) is 0. The van der Waals surface area contributed by atoms with Crippen LogP contribution in [0, 0.1) is 0 Å². The van der Waals surface area contributed by atoms with Gasteiger partial charge in [-0.3, -0.25) is 9.36 Å². The van der Waals surface area contributed by atoms with E-state index in [-0.39, 0.29) is 10.8 Å². The van der Waals surface area contributed by atoms with Gasteiger partial charge in [0, 0.05) is 29.4 Å². The van der Waals surface area contributed by atoms with Crippen LogP contribution in [0.15, 0.2) is 58.1 Å². The van der Waals surface area contributed by atoms with Crippen LogP contribution in [-0.4, -0.2) is 34.0 Å². The van der Waals surface area contributed by atoms with Crippen LogP contribution in [0.4, 0.5) is 0 Å². The summed E-state index contributed by atoms with van der Waals surface area (Å²) in [7, 11) is -1.14. The number of halogens is 1. The molecule has 3 heterocycles. The molecule has 169 valence electrons. The SMILES string of the molecule is CC(c1ccc2c(c1)sc(=O)n2COCC[Si-](C)(C)C)c1ccn(-c2ccc(Br)cn2)n1. The highest BCUT2D eigenvalue weighted by Gasteiger charge is 2.15. The van der Waals surface area contributed by atoms with Crippen molar-refractivity contribution in [1.29, 1.82) is 0 Å². The van der Waals surface area contributed by atoms with Crippen molar-refractivity contribution in [2.45, 2.75) is 45.3 Å². The van der Waals surface area contributed by atoms with Gasteiger partial charge in [-0.05, 0) is 51.8 Å². The van der Waals surface area contributed by atoms with E-state index in [2.05, 4.69) is 59.6 Å². The van der Waals surface area contributed by atoms with Gasteiger partial charge in [0.25, 0.3) is 0 Å². The zero-order valence-corrected chi connectivity index (χ0v) is 22.1. The number of hydrogen-bond acceptors (Lipinski definition) is 5. The largest absolute Gasteiger partial charge is 0.364 e. The molecule has 4 rings (SSSR count). The molecule has 9 heteroatoms. The average molecular weight is 532 g/mol. The van der Waals surface area contributed by atoms with E-state index in [1.807, 2.05) is 30.5 Å². The van der Waals surface area contributed by atoms with Crippen LogP contribution in [0.3, 0.4) is 0 Å². The van der Waals surface area contributed by atoms with E-state index in [9.17, 15) is 4.79 Å². The second kappa shape index (κ2) is 9.42. The van der Waals surface area contributed by atoms with E-state index in [1.54, 1.807) is 15.4 Å². The average Bonchev–Trinajstić information content (AvgIpc) is 3.35. The molecule has 32 heavy (non-hydrogen) atoms. The maximum absolute atomic E-state index is 12.5. The summed E-state index contributed by atoms with van der Waals surface area (Å²) in [5.41, 5.74) is 3.00. The molecule has 0 spiro atoms. The van der Waals surface area contributed by atoms with Crippen molar-refractivity contribution in [3.05, 3.63) is 74.2 Å². The second-order valence-electron chi connectivity index (χ2n) is 9.11. The maximum Gasteiger partial charge on any atom is 0.310 e. The first-order valence-electron chi connectivity index (χ1n) is 10.6. The summed E-state index contributed by atoms with van der Waals surface area (Å²) in [5, 5.41) is 4.72. The Labute approximate surface area is 201 Å². The number of fused-ring (bicyclic) bond motifs is 1. The zero-order chi connectivity index (χ0) is 22.9. The number of rotatable bonds is 8. The molecular formula is C23H27BrN4O2SSi-. The maximum atomic E-state index is 12.5. The van der Waals surface area contributed by atoms with Crippen LogP contribution in [0.2, 0.25) is 25.7 Å². The summed E-state index contributed by atoms with van der Waals surface area (Å²) in [5.74, 6) is 0.862. The van der Waals surface area contributed by atoms with E-state index in [0.717, 1.165) is 37.8 Å². The Kier molecular flexibility index (Phi) is 6.80. The van der Waals surface area contributed by atoms with Gasteiger partial charge in [-0.2, -0.15) is 24.7 Å². The summed E-state index contributed by atoms with van der Waals surface area (Å²) in [6, 6.07) is 13.2. The number of ether oxygens (including phenoxy) is 1. The molecule has 4 aromatic rings. The Hall–Kier alpha value is -2.07. The van der Waals surface area contributed by atoms with Gasteiger partial charge in [-0.25, -0.2) is 9.67 Å². The summed E-state index contributed by atoms with van der Waals surface area (Å²) < 4.78 is 11.2. The van der Waals surface area contributed by atoms with Crippen LogP contribution in [0.1, 0.15) is 24.1 Å². The number of aromatic nitrogens is 4. The first-order valence-corrected chi connectivity index (χ1v) is 15.9. The predicted molar refractivity (Wildman–Crippen MR) is 137 cm³/mol. The molecule has 0 N–H and O–H groups in total. The molecule has 3 aromatic heterocycles. The standard InChI is InChI=1S/C23H27BrN4O2SSi/c1-16(19-9-10-28(26-19)22-8-6-18(24)14-25-22)17-5-7-20-21(13-17)31-23(29)27(20)15-30-11-12-32(2,3)4/h5-10,13-14,16H,11-12,15H2,1-4H3/q-1. The summed E-state index contributed by atoms with van der Waals surface area (Å²) in [6.07, 6.45) is 3.68. The van der Waals surface area contributed by atoms with Gasteiger partial charge < -0.3 is 4.74 Å². The van der Waals surface area contributed by atoms with Crippen molar-refractivity contribution in [3.8, 4) is 5.82 Å². The Morgan fingerprint density at radius 1 is 1.19 bits per heavy atom. The molecule has 0 saturated carbocycles. The van der Waals surface area contributed by atoms with E-state index in [4.69, 9.17) is 9.84 Å². The van der Waals surface area contributed by atoms with Gasteiger partial charge in [-0.15, -0.1) is 14.1 Å². The topological polar surface area (TPSA) is 61.9 Å². The van der Waals surface area contributed by atoms with Crippen molar-refractivity contribution in [2.24, 2.45) is 0 Å². The second-order valence-corrected chi connectivity index (χ2v) is 16.6. The fraction of sp³-hybridized carbons (Fsp3) is 0.348. The van der Waals surface area contributed by atoms with E-state index in [1.165, 1.54) is 11.3 Å². The lowest BCUT2D eigenvalue weighted by Crippen LogP contribution is -2.23. The minimum absolute atomic E-state index is 0.0170. The van der Waals surface area contributed by atoms with Crippen molar-refractivity contribution >= 4 is 45.6 Å². The van der Waals surface area contributed by atoms with Crippen LogP contribution >= 0.6 is 27.3 Å². The van der Waals surface area contributed by atoms with Crippen molar-refractivity contribution < 1.29 is 4.74 Å². The molecule has 6 nitrogen and oxygen atoms in total. The fourth-order valence-corrected chi connectivity index (χ4v) is 5.30. The van der Waals surface area contributed by atoms with Crippen LogP contribution in [0.5, 0.6) is 0 Å². The quantitative estimate of drug-likeness (QED) is 0.211. The van der Waals surface area contributed by atoms with Crippen LogP contribution in [0.25, 0.3) is 16.0 Å². The molecule has 1 atom stereocenters. The van der Waals surface area contributed by atoms with E-state index in [0.29, 0.717) is 13.3 Å². The third-order valence-electron chi connectivity index (χ3n) is 5.41. The third kappa shape index (κ3) is 5.28. The Morgan fingerprint density at radius 3 is 2.72 bits per heavy atom. The highest BCUT2D eigenvalue weighted by Crippen LogP contribution is 2.28. The highest BCUT2D eigenvalue weighted by molar-refractivity contribution is 9.10. The zero-order valence-electron chi connectivity index (χ0n) is 18.7. The molecule has 0 aliphatic carbocycles.